The molecular formula is C9H14N2O3. The quantitative estimate of drug-likeness (QED) is 0.576. The van der Waals surface area contributed by atoms with Gasteiger partial charge in [0, 0.05) is 0 Å². The van der Waals surface area contributed by atoms with E-state index in [1.807, 2.05) is 0 Å². The molecule has 5 heteroatoms. The topological polar surface area (TPSA) is 88.5 Å². The van der Waals surface area contributed by atoms with E-state index in [9.17, 15) is 4.79 Å². The lowest BCUT2D eigenvalue weighted by Gasteiger charge is -1.99. The molecule has 0 fully saturated rings. The standard InChI is InChI=1S/C9H14N2O3/c10-2-1-3-11-5-8-4-7(6-14-8)9(12)13/h4,6,11H,1-3,5,10H2,(H,12,13). The number of rotatable bonds is 6. The van der Waals surface area contributed by atoms with Crippen molar-refractivity contribution < 1.29 is 14.3 Å². The van der Waals surface area contributed by atoms with Crippen LogP contribution in [0.1, 0.15) is 22.5 Å². The van der Waals surface area contributed by atoms with Crippen molar-refractivity contribution >= 4 is 5.97 Å². The smallest absolute Gasteiger partial charge is 0.338 e. The summed E-state index contributed by atoms with van der Waals surface area (Å²) < 4.78 is 5.03. The Hall–Kier alpha value is -1.33. The minimum atomic E-state index is -0.970. The zero-order valence-corrected chi connectivity index (χ0v) is 7.82. The highest BCUT2D eigenvalue weighted by molar-refractivity contribution is 5.87. The summed E-state index contributed by atoms with van der Waals surface area (Å²) in [7, 11) is 0. The van der Waals surface area contributed by atoms with E-state index in [1.54, 1.807) is 0 Å². The number of carboxylic acid groups (broad SMARTS) is 1. The maximum atomic E-state index is 10.5. The van der Waals surface area contributed by atoms with E-state index in [4.69, 9.17) is 15.3 Å². The predicted octanol–water partition coefficient (Wildman–Crippen LogP) is 0.416. The Morgan fingerprint density at radius 3 is 3.00 bits per heavy atom. The molecule has 0 aliphatic rings. The van der Waals surface area contributed by atoms with Crippen LogP contribution in [0.25, 0.3) is 0 Å². The second-order valence-corrected chi connectivity index (χ2v) is 2.93. The monoisotopic (exact) mass is 198 g/mol. The molecule has 5 nitrogen and oxygen atoms in total. The zero-order valence-electron chi connectivity index (χ0n) is 7.82. The lowest BCUT2D eigenvalue weighted by atomic mass is 10.3. The van der Waals surface area contributed by atoms with Gasteiger partial charge in [-0.1, -0.05) is 0 Å². The van der Waals surface area contributed by atoms with Gasteiger partial charge in [-0.25, -0.2) is 4.79 Å². The van der Waals surface area contributed by atoms with Crippen molar-refractivity contribution in [3.05, 3.63) is 23.7 Å². The molecule has 0 saturated carbocycles. The van der Waals surface area contributed by atoms with E-state index in [1.165, 1.54) is 12.3 Å². The molecule has 0 spiro atoms. The van der Waals surface area contributed by atoms with Gasteiger partial charge in [0.15, 0.2) is 0 Å². The van der Waals surface area contributed by atoms with Crippen molar-refractivity contribution in [1.82, 2.24) is 5.32 Å². The Kier molecular flexibility index (Phi) is 4.15. The van der Waals surface area contributed by atoms with Crippen molar-refractivity contribution in [3.8, 4) is 0 Å². The molecule has 0 saturated heterocycles. The van der Waals surface area contributed by atoms with E-state index < -0.39 is 5.97 Å². The van der Waals surface area contributed by atoms with Crippen molar-refractivity contribution in [1.29, 1.82) is 0 Å². The highest BCUT2D eigenvalue weighted by Gasteiger charge is 2.07. The third kappa shape index (κ3) is 3.20. The summed E-state index contributed by atoms with van der Waals surface area (Å²) in [5, 5.41) is 11.7. The molecule has 78 valence electrons. The lowest BCUT2D eigenvalue weighted by molar-refractivity contribution is 0.0696. The maximum Gasteiger partial charge on any atom is 0.338 e. The van der Waals surface area contributed by atoms with E-state index in [2.05, 4.69) is 5.32 Å². The molecule has 4 N–H and O–H groups in total. The first-order valence-corrected chi connectivity index (χ1v) is 4.45. The van der Waals surface area contributed by atoms with Crippen molar-refractivity contribution in [2.45, 2.75) is 13.0 Å². The Labute approximate surface area is 81.9 Å². The molecule has 0 atom stereocenters. The average Bonchev–Trinajstić information content (AvgIpc) is 2.61. The normalized spacial score (nSPS) is 10.4. The number of furan rings is 1. The van der Waals surface area contributed by atoms with Crippen LogP contribution in [0.3, 0.4) is 0 Å². The van der Waals surface area contributed by atoms with Crippen LogP contribution in [0.15, 0.2) is 16.7 Å². The number of hydrogen-bond donors (Lipinski definition) is 3. The van der Waals surface area contributed by atoms with Crippen molar-refractivity contribution in [2.24, 2.45) is 5.73 Å². The Balaban J connectivity index is 2.33. The number of carboxylic acids is 1. The van der Waals surface area contributed by atoms with E-state index >= 15 is 0 Å². The van der Waals surface area contributed by atoms with Gasteiger partial charge in [-0.3, -0.25) is 0 Å². The average molecular weight is 198 g/mol. The van der Waals surface area contributed by atoms with Gasteiger partial charge in [0.1, 0.15) is 12.0 Å². The molecule has 0 bridgehead atoms. The molecule has 0 aromatic carbocycles. The van der Waals surface area contributed by atoms with Crippen LogP contribution < -0.4 is 11.1 Å². The van der Waals surface area contributed by atoms with Gasteiger partial charge in [-0.05, 0) is 25.6 Å². The second-order valence-electron chi connectivity index (χ2n) is 2.93. The van der Waals surface area contributed by atoms with Crippen LogP contribution in [0.5, 0.6) is 0 Å². The largest absolute Gasteiger partial charge is 0.478 e. The predicted molar refractivity (Wildman–Crippen MR) is 51.0 cm³/mol. The van der Waals surface area contributed by atoms with E-state index in [0.29, 0.717) is 18.8 Å². The van der Waals surface area contributed by atoms with Gasteiger partial charge in [0.25, 0.3) is 0 Å². The fourth-order valence-electron chi connectivity index (χ4n) is 1.02. The first-order chi connectivity index (χ1) is 6.74. The molecule has 14 heavy (non-hydrogen) atoms. The number of aromatic carboxylic acids is 1. The van der Waals surface area contributed by atoms with Crippen LogP contribution in [0, 0.1) is 0 Å². The van der Waals surface area contributed by atoms with Gasteiger partial charge in [0.05, 0.1) is 12.1 Å². The minimum absolute atomic E-state index is 0.181. The summed E-state index contributed by atoms with van der Waals surface area (Å²) in [6, 6.07) is 1.51. The number of hydrogen-bond acceptors (Lipinski definition) is 4. The maximum absolute atomic E-state index is 10.5. The van der Waals surface area contributed by atoms with Gasteiger partial charge >= 0.3 is 5.97 Å². The summed E-state index contributed by atoms with van der Waals surface area (Å²) in [5.41, 5.74) is 5.49. The molecule has 1 aromatic rings. The summed E-state index contributed by atoms with van der Waals surface area (Å²) in [6.07, 6.45) is 2.13. The Morgan fingerprint density at radius 1 is 1.64 bits per heavy atom. The third-order valence-electron chi connectivity index (χ3n) is 1.76. The zero-order chi connectivity index (χ0) is 10.4. The minimum Gasteiger partial charge on any atom is -0.478 e. The first kappa shape index (κ1) is 10.7. The second kappa shape index (κ2) is 5.41. The summed E-state index contributed by atoms with van der Waals surface area (Å²) in [6.45, 7) is 1.98. The molecular weight excluding hydrogens is 184 g/mol. The van der Waals surface area contributed by atoms with Crippen LogP contribution in [-0.4, -0.2) is 24.2 Å². The number of nitrogens with one attached hydrogen (secondary N) is 1. The molecule has 1 rings (SSSR count). The van der Waals surface area contributed by atoms with Gasteiger partial charge in [-0.15, -0.1) is 0 Å². The molecule has 1 aromatic heterocycles. The Morgan fingerprint density at radius 2 is 2.43 bits per heavy atom. The molecule has 0 unspecified atom stereocenters. The van der Waals surface area contributed by atoms with Gasteiger partial charge in [0.2, 0.25) is 0 Å². The molecule has 0 aliphatic carbocycles. The van der Waals surface area contributed by atoms with E-state index in [-0.39, 0.29) is 5.56 Å². The summed E-state index contributed by atoms with van der Waals surface area (Å²) in [4.78, 5) is 10.5. The fourth-order valence-corrected chi connectivity index (χ4v) is 1.02. The fraction of sp³-hybridized carbons (Fsp3) is 0.444. The number of carbonyl (C=O) groups is 1. The Bertz CT molecular complexity index is 296. The van der Waals surface area contributed by atoms with E-state index in [0.717, 1.165) is 13.0 Å². The third-order valence-corrected chi connectivity index (χ3v) is 1.76. The molecule has 0 amide bonds. The first-order valence-electron chi connectivity index (χ1n) is 4.45. The van der Waals surface area contributed by atoms with Crippen molar-refractivity contribution in [3.63, 3.8) is 0 Å². The van der Waals surface area contributed by atoms with Gasteiger partial charge in [-0.2, -0.15) is 0 Å². The van der Waals surface area contributed by atoms with Crippen LogP contribution in [0.4, 0.5) is 0 Å². The summed E-state index contributed by atoms with van der Waals surface area (Å²) >= 11 is 0. The highest BCUT2D eigenvalue weighted by Crippen LogP contribution is 2.06. The van der Waals surface area contributed by atoms with Crippen LogP contribution in [0.2, 0.25) is 0 Å². The number of nitrogens with two attached hydrogens (primary N) is 1. The SMILES string of the molecule is NCCCNCc1cc(C(=O)O)co1. The van der Waals surface area contributed by atoms with Crippen molar-refractivity contribution in [2.75, 3.05) is 13.1 Å². The molecule has 0 radical (unpaired) electrons. The van der Waals surface area contributed by atoms with Gasteiger partial charge < -0.3 is 20.6 Å². The summed E-state index contributed by atoms with van der Waals surface area (Å²) in [5.74, 6) is -0.346. The lowest BCUT2D eigenvalue weighted by Crippen LogP contribution is -2.17. The van der Waals surface area contributed by atoms with Crippen LogP contribution in [-0.2, 0) is 6.54 Å². The molecule has 0 aliphatic heterocycles. The highest BCUT2D eigenvalue weighted by atomic mass is 16.4. The molecule has 1 heterocycles. The van der Waals surface area contributed by atoms with Crippen LogP contribution >= 0.6 is 0 Å².